The summed E-state index contributed by atoms with van der Waals surface area (Å²) in [6.07, 6.45) is 7.91. The highest BCUT2D eigenvalue weighted by atomic mass is 32.2. The van der Waals surface area contributed by atoms with Gasteiger partial charge in [0.15, 0.2) is 0 Å². The molecule has 0 saturated carbocycles. The van der Waals surface area contributed by atoms with Gasteiger partial charge in [0.05, 0.1) is 16.4 Å². The average molecular weight is 292 g/mol. The molecule has 0 saturated heterocycles. The second kappa shape index (κ2) is 6.46. The number of allylic oxidation sites excluding steroid dienone is 3. The summed E-state index contributed by atoms with van der Waals surface area (Å²) in [5, 5.41) is 1.22. The summed E-state index contributed by atoms with van der Waals surface area (Å²) >= 11 is 1.79. The minimum Gasteiger partial charge on any atom is -0.338 e. The standard InChI is InChI=1S/C18H16N2S/c1-20-16-11-5-6-12-17(16)21-18(20)13-7-8-14-19-15-9-3-2-4-10-15/h2-14H,1H3/b8-7+,18-13-,19-14?. The van der Waals surface area contributed by atoms with Crippen LogP contribution in [0.4, 0.5) is 11.4 Å². The smallest absolute Gasteiger partial charge is 0.0798 e. The van der Waals surface area contributed by atoms with Crippen molar-refractivity contribution in [3.63, 3.8) is 0 Å². The quantitative estimate of drug-likeness (QED) is 0.737. The van der Waals surface area contributed by atoms with E-state index in [9.17, 15) is 0 Å². The van der Waals surface area contributed by atoms with E-state index in [1.165, 1.54) is 15.6 Å². The Morgan fingerprint density at radius 2 is 1.71 bits per heavy atom. The molecule has 0 bridgehead atoms. The number of para-hydroxylation sites is 2. The first-order valence-corrected chi connectivity index (χ1v) is 7.63. The molecule has 1 aliphatic rings. The SMILES string of the molecule is CN1/C(=C/C=C/C=Nc2ccccc2)Sc2ccccc21. The van der Waals surface area contributed by atoms with Gasteiger partial charge in [0.2, 0.25) is 0 Å². The molecule has 1 heterocycles. The Balaban J connectivity index is 1.65. The van der Waals surface area contributed by atoms with Crippen LogP contribution < -0.4 is 4.90 Å². The summed E-state index contributed by atoms with van der Waals surface area (Å²) in [4.78, 5) is 7.88. The number of aliphatic imine (C=N–C) groups is 1. The van der Waals surface area contributed by atoms with Gasteiger partial charge in [0.25, 0.3) is 0 Å². The van der Waals surface area contributed by atoms with Gasteiger partial charge in [-0.2, -0.15) is 0 Å². The summed E-state index contributed by atoms with van der Waals surface area (Å²) in [7, 11) is 2.09. The summed E-state index contributed by atoms with van der Waals surface area (Å²) in [6, 6.07) is 18.4. The molecule has 2 aromatic rings. The molecule has 0 atom stereocenters. The molecule has 3 heteroatoms. The van der Waals surface area contributed by atoms with Gasteiger partial charge in [0.1, 0.15) is 0 Å². The van der Waals surface area contributed by atoms with E-state index in [-0.39, 0.29) is 0 Å². The van der Waals surface area contributed by atoms with E-state index in [4.69, 9.17) is 0 Å². The molecule has 0 unspecified atom stereocenters. The van der Waals surface area contributed by atoms with Crippen LogP contribution >= 0.6 is 11.8 Å². The van der Waals surface area contributed by atoms with Crippen LogP contribution in [0.1, 0.15) is 0 Å². The first kappa shape index (κ1) is 13.7. The second-order valence-corrected chi connectivity index (χ2v) is 5.69. The number of hydrogen-bond acceptors (Lipinski definition) is 3. The van der Waals surface area contributed by atoms with Crippen LogP contribution in [0.25, 0.3) is 0 Å². The third-order valence-corrected chi connectivity index (χ3v) is 4.37. The van der Waals surface area contributed by atoms with Gasteiger partial charge in [0, 0.05) is 18.2 Å². The van der Waals surface area contributed by atoms with Gasteiger partial charge in [-0.15, -0.1) is 0 Å². The van der Waals surface area contributed by atoms with Gasteiger partial charge < -0.3 is 4.90 Å². The highest BCUT2D eigenvalue weighted by Gasteiger charge is 2.20. The van der Waals surface area contributed by atoms with Gasteiger partial charge in [-0.1, -0.05) is 48.2 Å². The number of hydrogen-bond donors (Lipinski definition) is 0. The number of rotatable bonds is 3. The Bertz CT molecular complexity index is 702. The van der Waals surface area contributed by atoms with E-state index < -0.39 is 0 Å². The summed E-state index contributed by atoms with van der Waals surface area (Å²) in [5.41, 5.74) is 2.23. The molecule has 0 N–H and O–H groups in total. The Kier molecular flexibility index (Phi) is 4.22. The first-order chi connectivity index (χ1) is 10.3. The van der Waals surface area contributed by atoms with E-state index in [1.807, 2.05) is 48.7 Å². The number of fused-ring (bicyclic) bond motifs is 1. The van der Waals surface area contributed by atoms with Crippen LogP contribution in [0.2, 0.25) is 0 Å². The lowest BCUT2D eigenvalue weighted by Crippen LogP contribution is -2.08. The highest BCUT2D eigenvalue weighted by Crippen LogP contribution is 2.44. The van der Waals surface area contributed by atoms with Crippen LogP contribution in [0, 0.1) is 0 Å². The Morgan fingerprint density at radius 1 is 0.952 bits per heavy atom. The lowest BCUT2D eigenvalue weighted by Gasteiger charge is -2.12. The summed E-state index contributed by atoms with van der Waals surface area (Å²) < 4.78 is 0. The zero-order chi connectivity index (χ0) is 14.5. The van der Waals surface area contributed by atoms with Gasteiger partial charge in [-0.05, 0) is 36.4 Å². The highest BCUT2D eigenvalue weighted by molar-refractivity contribution is 8.03. The van der Waals surface area contributed by atoms with E-state index in [0.717, 1.165) is 5.69 Å². The third-order valence-electron chi connectivity index (χ3n) is 3.19. The van der Waals surface area contributed by atoms with E-state index >= 15 is 0 Å². The molecular weight excluding hydrogens is 276 g/mol. The van der Waals surface area contributed by atoms with Crippen LogP contribution in [0.15, 0.2) is 87.7 Å². The second-order valence-electron chi connectivity index (χ2n) is 4.63. The molecule has 0 spiro atoms. The Labute approximate surface area is 129 Å². The maximum Gasteiger partial charge on any atom is 0.0798 e. The predicted molar refractivity (Wildman–Crippen MR) is 92.5 cm³/mol. The lowest BCUT2D eigenvalue weighted by molar-refractivity contribution is 1.17. The fourth-order valence-corrected chi connectivity index (χ4v) is 3.16. The molecule has 2 nitrogen and oxygen atoms in total. The van der Waals surface area contributed by atoms with Crippen molar-refractivity contribution in [2.75, 3.05) is 11.9 Å². The van der Waals surface area contributed by atoms with Gasteiger partial charge in [-0.3, -0.25) is 4.99 Å². The van der Waals surface area contributed by atoms with Crippen LogP contribution in [-0.2, 0) is 0 Å². The van der Waals surface area contributed by atoms with Crippen LogP contribution in [-0.4, -0.2) is 13.3 Å². The lowest BCUT2D eigenvalue weighted by atomic mass is 10.3. The first-order valence-electron chi connectivity index (χ1n) is 6.81. The van der Waals surface area contributed by atoms with Crippen molar-refractivity contribution in [1.82, 2.24) is 0 Å². The number of thioether (sulfide) groups is 1. The molecule has 104 valence electrons. The van der Waals surface area contributed by atoms with Crippen molar-refractivity contribution >= 4 is 29.4 Å². The van der Waals surface area contributed by atoms with Crippen molar-refractivity contribution in [1.29, 1.82) is 0 Å². The van der Waals surface area contributed by atoms with Crippen molar-refractivity contribution in [3.05, 3.63) is 77.9 Å². The molecule has 0 aliphatic carbocycles. The monoisotopic (exact) mass is 292 g/mol. The summed E-state index contributed by atoms with van der Waals surface area (Å²) in [6.45, 7) is 0. The zero-order valence-corrected chi connectivity index (χ0v) is 12.6. The van der Waals surface area contributed by atoms with Gasteiger partial charge >= 0.3 is 0 Å². The normalized spacial score (nSPS) is 16.2. The van der Waals surface area contributed by atoms with Crippen molar-refractivity contribution in [2.45, 2.75) is 4.90 Å². The third kappa shape index (κ3) is 3.26. The van der Waals surface area contributed by atoms with Crippen molar-refractivity contribution in [3.8, 4) is 0 Å². The predicted octanol–water partition coefficient (Wildman–Crippen LogP) is 5.03. The molecule has 3 rings (SSSR count). The topological polar surface area (TPSA) is 15.6 Å². The van der Waals surface area contributed by atoms with Crippen LogP contribution in [0.5, 0.6) is 0 Å². The molecule has 2 aromatic carbocycles. The maximum atomic E-state index is 4.37. The minimum atomic E-state index is 0.967. The molecule has 0 fully saturated rings. The molecule has 0 aromatic heterocycles. The molecule has 1 aliphatic heterocycles. The van der Waals surface area contributed by atoms with E-state index in [0.29, 0.717) is 0 Å². The van der Waals surface area contributed by atoms with Crippen molar-refractivity contribution in [2.24, 2.45) is 4.99 Å². The Hall–Kier alpha value is -2.26. The fraction of sp³-hybridized carbons (Fsp3) is 0.0556. The minimum absolute atomic E-state index is 0.967. The van der Waals surface area contributed by atoms with Crippen molar-refractivity contribution < 1.29 is 0 Å². The summed E-state index contributed by atoms with van der Waals surface area (Å²) in [5.74, 6) is 0. The molecule has 0 radical (unpaired) electrons. The largest absolute Gasteiger partial charge is 0.338 e. The average Bonchev–Trinajstić information content (AvgIpc) is 2.85. The molecule has 21 heavy (non-hydrogen) atoms. The zero-order valence-electron chi connectivity index (χ0n) is 11.8. The van der Waals surface area contributed by atoms with Crippen LogP contribution in [0.3, 0.4) is 0 Å². The number of anilines is 1. The van der Waals surface area contributed by atoms with Gasteiger partial charge in [-0.25, -0.2) is 0 Å². The molecular formula is C18H16N2S. The fourth-order valence-electron chi connectivity index (χ4n) is 2.10. The molecule has 0 amide bonds. The Morgan fingerprint density at radius 3 is 2.52 bits per heavy atom. The maximum absolute atomic E-state index is 4.37. The van der Waals surface area contributed by atoms with E-state index in [1.54, 1.807) is 11.8 Å². The van der Waals surface area contributed by atoms with E-state index in [2.05, 4.69) is 47.3 Å². The number of benzene rings is 2. The number of nitrogens with zero attached hydrogens (tertiary/aromatic N) is 2.